The molecule has 0 bridgehead atoms. The molecule has 1 saturated heterocycles. The van der Waals surface area contributed by atoms with Gasteiger partial charge in [-0.3, -0.25) is 9.59 Å². The third kappa shape index (κ3) is 4.08. The molecule has 1 unspecified atom stereocenters. The third-order valence-electron chi connectivity index (χ3n) is 4.97. The Kier molecular flexibility index (Phi) is 6.58. The average Bonchev–Trinajstić information content (AvgIpc) is 2.82. The van der Waals surface area contributed by atoms with Crippen LogP contribution in [-0.2, 0) is 9.47 Å². The number of nitrogens with zero attached hydrogens (tertiary/aromatic N) is 1. The molecule has 0 radical (unpaired) electrons. The highest BCUT2D eigenvalue weighted by Gasteiger charge is 2.35. The number of rotatable bonds is 5. The van der Waals surface area contributed by atoms with E-state index in [1.807, 2.05) is 0 Å². The number of nitrogens with one attached hydrogen (secondary N) is 1. The molecule has 1 aliphatic heterocycles. The Morgan fingerprint density at radius 1 is 0.833 bits per heavy atom. The van der Waals surface area contributed by atoms with E-state index in [9.17, 15) is 19.2 Å². The number of piperazine rings is 1. The van der Waals surface area contributed by atoms with Crippen molar-refractivity contribution in [2.24, 2.45) is 0 Å². The van der Waals surface area contributed by atoms with Crippen molar-refractivity contribution < 1.29 is 28.7 Å². The Labute approximate surface area is 173 Å². The zero-order chi connectivity index (χ0) is 21.7. The second-order valence-electron chi connectivity index (χ2n) is 6.66. The van der Waals surface area contributed by atoms with E-state index in [-0.39, 0.29) is 41.1 Å². The monoisotopic (exact) mass is 410 g/mol. The first-order chi connectivity index (χ1) is 14.5. The number of esters is 2. The average molecular weight is 410 g/mol. The largest absolute Gasteiger partial charge is 0.465 e. The molecule has 1 amide bonds. The number of ether oxygens (including phenoxy) is 2. The zero-order valence-electron chi connectivity index (χ0n) is 16.7. The standard InChI is InChI=1S/C22H22N2O6/c1-29-21(27)16-9-5-3-7-14(16)19(25)18-13-23-11-12-24(18)20(26)15-8-4-6-10-17(15)22(28)30-2/h3-10,18,23H,11-13H2,1-2H3. The van der Waals surface area contributed by atoms with Crippen molar-refractivity contribution in [2.75, 3.05) is 33.9 Å². The van der Waals surface area contributed by atoms with E-state index >= 15 is 0 Å². The lowest BCUT2D eigenvalue weighted by Gasteiger charge is -2.35. The van der Waals surface area contributed by atoms with Gasteiger partial charge in [0.25, 0.3) is 5.91 Å². The molecule has 1 N–H and O–H groups in total. The highest BCUT2D eigenvalue weighted by Crippen LogP contribution is 2.20. The van der Waals surface area contributed by atoms with Crippen LogP contribution in [-0.4, -0.2) is 68.4 Å². The number of Topliss-reactive ketones (excluding diaryl/α,β-unsaturated/α-hetero) is 1. The van der Waals surface area contributed by atoms with Gasteiger partial charge in [0, 0.05) is 25.2 Å². The maximum Gasteiger partial charge on any atom is 0.338 e. The van der Waals surface area contributed by atoms with E-state index in [1.165, 1.54) is 43.4 Å². The molecule has 156 valence electrons. The van der Waals surface area contributed by atoms with Crippen LogP contribution in [0.3, 0.4) is 0 Å². The second-order valence-corrected chi connectivity index (χ2v) is 6.66. The Morgan fingerprint density at radius 2 is 1.33 bits per heavy atom. The summed E-state index contributed by atoms with van der Waals surface area (Å²) >= 11 is 0. The van der Waals surface area contributed by atoms with Gasteiger partial charge in [-0.2, -0.15) is 0 Å². The number of hydrogen-bond donors (Lipinski definition) is 1. The Bertz CT molecular complexity index is 908. The van der Waals surface area contributed by atoms with Crippen LogP contribution in [0.5, 0.6) is 0 Å². The minimum atomic E-state index is -0.845. The number of benzene rings is 2. The molecule has 1 aliphatic rings. The summed E-state index contributed by atoms with van der Waals surface area (Å²) in [6.07, 6.45) is 0. The van der Waals surface area contributed by atoms with E-state index < -0.39 is 23.9 Å². The van der Waals surface area contributed by atoms with Crippen LogP contribution >= 0.6 is 0 Å². The van der Waals surface area contributed by atoms with Crippen LogP contribution in [0.1, 0.15) is 41.4 Å². The Balaban J connectivity index is 1.97. The minimum Gasteiger partial charge on any atom is -0.465 e. The molecule has 8 nitrogen and oxygen atoms in total. The number of methoxy groups -OCH3 is 2. The predicted molar refractivity (Wildman–Crippen MR) is 108 cm³/mol. The minimum absolute atomic E-state index is 0.129. The summed E-state index contributed by atoms with van der Waals surface area (Å²) in [7, 11) is 2.48. The SMILES string of the molecule is COC(=O)c1ccccc1C(=O)C1CNCCN1C(=O)c1ccccc1C(=O)OC. The number of carbonyl (C=O) groups is 4. The van der Waals surface area contributed by atoms with Crippen LogP contribution < -0.4 is 5.32 Å². The molecule has 2 aromatic carbocycles. The first-order valence-corrected chi connectivity index (χ1v) is 9.40. The lowest BCUT2D eigenvalue weighted by molar-refractivity contribution is 0.0542. The fourth-order valence-corrected chi connectivity index (χ4v) is 3.46. The van der Waals surface area contributed by atoms with Crippen molar-refractivity contribution in [3.05, 3.63) is 70.8 Å². The van der Waals surface area contributed by atoms with E-state index in [4.69, 9.17) is 9.47 Å². The summed E-state index contributed by atoms with van der Waals surface area (Å²) in [5.41, 5.74) is 0.602. The number of carbonyl (C=O) groups excluding carboxylic acids is 4. The quantitative estimate of drug-likeness (QED) is 0.589. The van der Waals surface area contributed by atoms with E-state index in [0.29, 0.717) is 6.54 Å². The van der Waals surface area contributed by atoms with Crippen LogP contribution in [0.15, 0.2) is 48.5 Å². The van der Waals surface area contributed by atoms with E-state index in [1.54, 1.807) is 24.3 Å². The van der Waals surface area contributed by atoms with Crippen molar-refractivity contribution in [2.45, 2.75) is 6.04 Å². The molecule has 0 aromatic heterocycles. The van der Waals surface area contributed by atoms with Gasteiger partial charge in [-0.1, -0.05) is 30.3 Å². The summed E-state index contributed by atoms with van der Waals surface area (Å²) in [5, 5.41) is 3.11. The van der Waals surface area contributed by atoms with Crippen molar-refractivity contribution in [1.82, 2.24) is 10.2 Å². The first kappa shape index (κ1) is 21.2. The number of amides is 1. The van der Waals surface area contributed by atoms with Gasteiger partial charge in [-0.05, 0) is 18.2 Å². The van der Waals surface area contributed by atoms with Gasteiger partial charge >= 0.3 is 11.9 Å². The van der Waals surface area contributed by atoms with Gasteiger partial charge in [-0.15, -0.1) is 0 Å². The van der Waals surface area contributed by atoms with Crippen LogP contribution in [0.4, 0.5) is 0 Å². The van der Waals surface area contributed by atoms with Crippen molar-refractivity contribution in [1.29, 1.82) is 0 Å². The molecule has 1 atom stereocenters. The summed E-state index contributed by atoms with van der Waals surface area (Å²) in [6.45, 7) is 0.986. The van der Waals surface area contributed by atoms with Crippen molar-refractivity contribution >= 4 is 23.6 Å². The van der Waals surface area contributed by atoms with Crippen molar-refractivity contribution in [3.63, 3.8) is 0 Å². The van der Waals surface area contributed by atoms with Gasteiger partial charge in [0.2, 0.25) is 0 Å². The molecule has 0 spiro atoms. The van der Waals surface area contributed by atoms with Gasteiger partial charge in [0.1, 0.15) is 6.04 Å². The highest BCUT2D eigenvalue weighted by atomic mass is 16.5. The molecular formula is C22H22N2O6. The fraction of sp³-hybridized carbons (Fsp3) is 0.273. The molecule has 1 fully saturated rings. The molecular weight excluding hydrogens is 388 g/mol. The highest BCUT2D eigenvalue weighted by molar-refractivity contribution is 6.11. The molecule has 1 heterocycles. The lowest BCUT2D eigenvalue weighted by Crippen LogP contribution is -2.57. The third-order valence-corrected chi connectivity index (χ3v) is 4.97. The first-order valence-electron chi connectivity index (χ1n) is 9.40. The van der Waals surface area contributed by atoms with Crippen LogP contribution in [0.25, 0.3) is 0 Å². The summed E-state index contributed by atoms with van der Waals surface area (Å²) < 4.78 is 9.55. The molecule has 0 aliphatic carbocycles. The van der Waals surface area contributed by atoms with Gasteiger partial charge in [-0.25, -0.2) is 9.59 Å². The lowest BCUT2D eigenvalue weighted by atomic mass is 9.95. The topological polar surface area (TPSA) is 102 Å². The zero-order valence-corrected chi connectivity index (χ0v) is 16.7. The normalized spacial score (nSPS) is 15.9. The number of hydrogen-bond acceptors (Lipinski definition) is 7. The summed E-state index contributed by atoms with van der Waals surface area (Å²) in [5.74, 6) is -2.09. The van der Waals surface area contributed by atoms with Crippen molar-refractivity contribution in [3.8, 4) is 0 Å². The summed E-state index contributed by atoms with van der Waals surface area (Å²) in [6, 6.07) is 11.8. The smallest absolute Gasteiger partial charge is 0.338 e. The maximum atomic E-state index is 13.3. The molecule has 30 heavy (non-hydrogen) atoms. The second kappa shape index (κ2) is 9.32. The van der Waals surface area contributed by atoms with Gasteiger partial charge in [0.15, 0.2) is 5.78 Å². The van der Waals surface area contributed by atoms with Crippen LogP contribution in [0, 0.1) is 0 Å². The van der Waals surface area contributed by atoms with E-state index in [2.05, 4.69) is 5.32 Å². The molecule has 2 aromatic rings. The van der Waals surface area contributed by atoms with Crippen LogP contribution in [0.2, 0.25) is 0 Å². The maximum absolute atomic E-state index is 13.3. The molecule has 8 heteroatoms. The number of ketones is 1. The Morgan fingerprint density at radius 3 is 1.90 bits per heavy atom. The van der Waals surface area contributed by atoms with E-state index in [0.717, 1.165) is 0 Å². The fourth-order valence-electron chi connectivity index (χ4n) is 3.46. The molecule has 0 saturated carbocycles. The molecule has 3 rings (SSSR count). The predicted octanol–water partition coefficient (Wildman–Crippen LogP) is 1.56. The van der Waals surface area contributed by atoms with Gasteiger partial charge in [0.05, 0.1) is 30.9 Å². The van der Waals surface area contributed by atoms with Gasteiger partial charge < -0.3 is 19.7 Å². The Hall–Kier alpha value is -3.52. The summed E-state index contributed by atoms with van der Waals surface area (Å²) in [4.78, 5) is 52.2.